The number of fused-ring (bicyclic) bond motifs is 2. The molecule has 188 valence electrons. The maximum absolute atomic E-state index is 13.4. The summed E-state index contributed by atoms with van der Waals surface area (Å²) in [6.45, 7) is 1.33. The number of nitrogens with one attached hydrogen (secondary N) is 1. The Balaban J connectivity index is 1.70. The number of carbonyl (C=O) groups is 1. The van der Waals surface area contributed by atoms with Gasteiger partial charge in [-0.2, -0.15) is 13.2 Å². The van der Waals surface area contributed by atoms with Crippen molar-refractivity contribution in [3.8, 4) is 11.5 Å². The SMILES string of the molecule is COCC1(COC)C/C(=C\C(=O)Nc2cccc3c2OCCN3C)c2ccc(C(F)(F)F)cc2O1. The number of para-hydroxylation sites is 1. The molecule has 2 heterocycles. The molecule has 0 aromatic heterocycles. The third-order valence-electron chi connectivity index (χ3n) is 5.95. The third kappa shape index (κ3) is 5.23. The largest absolute Gasteiger partial charge is 0.487 e. The van der Waals surface area contributed by atoms with Crippen molar-refractivity contribution in [3.05, 3.63) is 53.6 Å². The zero-order chi connectivity index (χ0) is 25.2. The van der Waals surface area contributed by atoms with Gasteiger partial charge in [-0.1, -0.05) is 12.1 Å². The molecule has 2 aliphatic heterocycles. The number of ether oxygens (including phenoxy) is 4. The van der Waals surface area contributed by atoms with Gasteiger partial charge < -0.3 is 29.2 Å². The number of methoxy groups -OCH3 is 2. The van der Waals surface area contributed by atoms with E-state index in [1.807, 2.05) is 24.1 Å². The van der Waals surface area contributed by atoms with Crippen molar-refractivity contribution in [2.75, 3.05) is 57.8 Å². The number of anilines is 2. The summed E-state index contributed by atoms with van der Waals surface area (Å²) in [6, 6.07) is 8.70. The number of alkyl halides is 3. The Labute approximate surface area is 201 Å². The molecule has 0 fully saturated rings. The normalized spacial score (nSPS) is 17.8. The number of halogens is 3. The van der Waals surface area contributed by atoms with Gasteiger partial charge in [0.1, 0.15) is 12.4 Å². The molecule has 0 atom stereocenters. The Morgan fingerprint density at radius 2 is 1.94 bits per heavy atom. The first-order chi connectivity index (χ1) is 16.7. The van der Waals surface area contributed by atoms with E-state index in [9.17, 15) is 18.0 Å². The van der Waals surface area contributed by atoms with Crippen LogP contribution >= 0.6 is 0 Å². The van der Waals surface area contributed by atoms with E-state index in [0.29, 0.717) is 29.2 Å². The van der Waals surface area contributed by atoms with Crippen molar-refractivity contribution in [2.24, 2.45) is 0 Å². The summed E-state index contributed by atoms with van der Waals surface area (Å²) in [6.07, 6.45) is -2.96. The fourth-order valence-electron chi connectivity index (χ4n) is 4.43. The molecular formula is C25H27F3N2O5. The lowest BCUT2D eigenvalue weighted by atomic mass is 9.86. The molecule has 4 rings (SSSR count). The number of benzene rings is 2. The van der Waals surface area contributed by atoms with E-state index in [1.54, 1.807) is 6.07 Å². The van der Waals surface area contributed by atoms with Gasteiger partial charge in [0.25, 0.3) is 0 Å². The monoisotopic (exact) mass is 492 g/mol. The number of carbonyl (C=O) groups excluding carboxylic acids is 1. The summed E-state index contributed by atoms with van der Waals surface area (Å²) in [7, 11) is 4.87. The zero-order valence-corrected chi connectivity index (χ0v) is 19.7. The van der Waals surface area contributed by atoms with E-state index >= 15 is 0 Å². The minimum absolute atomic E-state index is 0.0151. The maximum atomic E-state index is 13.4. The van der Waals surface area contributed by atoms with Crippen molar-refractivity contribution in [3.63, 3.8) is 0 Å². The number of hydrogen-bond donors (Lipinski definition) is 1. The summed E-state index contributed by atoms with van der Waals surface area (Å²) in [5.41, 5.74) is 0.344. The molecule has 35 heavy (non-hydrogen) atoms. The van der Waals surface area contributed by atoms with E-state index < -0.39 is 23.2 Å². The summed E-state index contributed by atoms with van der Waals surface area (Å²) < 4.78 is 62.5. The van der Waals surface area contributed by atoms with Gasteiger partial charge in [0.2, 0.25) is 5.91 Å². The van der Waals surface area contributed by atoms with Crippen LogP contribution in [0, 0.1) is 0 Å². The van der Waals surface area contributed by atoms with Crippen molar-refractivity contribution in [1.82, 2.24) is 0 Å². The molecule has 10 heteroatoms. The van der Waals surface area contributed by atoms with Crippen LogP contribution in [0.5, 0.6) is 11.5 Å². The minimum Gasteiger partial charge on any atom is -0.487 e. The van der Waals surface area contributed by atoms with Gasteiger partial charge >= 0.3 is 6.18 Å². The fourth-order valence-corrected chi connectivity index (χ4v) is 4.43. The highest BCUT2D eigenvalue weighted by Gasteiger charge is 2.41. The summed E-state index contributed by atoms with van der Waals surface area (Å²) in [5, 5.41) is 2.85. The smallest absolute Gasteiger partial charge is 0.416 e. The molecule has 2 aromatic carbocycles. The molecule has 0 unspecified atom stereocenters. The molecule has 1 N–H and O–H groups in total. The van der Waals surface area contributed by atoms with Gasteiger partial charge in [-0.3, -0.25) is 4.79 Å². The lowest BCUT2D eigenvalue weighted by Crippen LogP contribution is -2.47. The molecule has 0 saturated carbocycles. The topological polar surface area (TPSA) is 69.3 Å². The molecule has 7 nitrogen and oxygen atoms in total. The van der Waals surface area contributed by atoms with Crippen molar-refractivity contribution in [2.45, 2.75) is 18.2 Å². The molecule has 2 aliphatic rings. The Morgan fingerprint density at radius 3 is 2.63 bits per heavy atom. The standard InChI is InChI=1S/C25H27F3N2O5/c1-30-9-10-34-23-19(5-4-6-20(23)30)29-22(31)11-16-13-24(14-32-2,15-33-3)35-21-12-17(25(26,27)28)7-8-18(16)21/h4-8,11-12H,9-10,13-15H2,1-3H3,(H,29,31)/b16-11+. The number of likely N-dealkylation sites (N-methyl/N-ethyl adjacent to an activating group) is 1. The van der Waals surface area contributed by atoms with Crippen LogP contribution in [0.4, 0.5) is 24.5 Å². The van der Waals surface area contributed by atoms with Gasteiger partial charge in [0, 0.05) is 39.3 Å². The number of amides is 1. The molecule has 0 spiro atoms. The van der Waals surface area contributed by atoms with Crippen LogP contribution in [0.1, 0.15) is 17.5 Å². The zero-order valence-electron chi connectivity index (χ0n) is 19.7. The average molecular weight is 492 g/mol. The van der Waals surface area contributed by atoms with Crippen LogP contribution in [0.3, 0.4) is 0 Å². The van der Waals surface area contributed by atoms with Crippen molar-refractivity contribution < 1.29 is 36.9 Å². The van der Waals surface area contributed by atoms with Crippen LogP contribution in [0.2, 0.25) is 0 Å². The van der Waals surface area contributed by atoms with E-state index in [0.717, 1.165) is 24.4 Å². The highest BCUT2D eigenvalue weighted by atomic mass is 19.4. The van der Waals surface area contributed by atoms with Crippen molar-refractivity contribution >= 4 is 22.9 Å². The third-order valence-corrected chi connectivity index (χ3v) is 5.95. The predicted octanol–water partition coefficient (Wildman–Crippen LogP) is 4.37. The molecule has 0 bridgehead atoms. The Morgan fingerprint density at radius 1 is 1.20 bits per heavy atom. The van der Waals surface area contributed by atoms with Crippen LogP contribution in [-0.2, 0) is 20.4 Å². The second kappa shape index (κ2) is 9.79. The van der Waals surface area contributed by atoms with E-state index in [-0.39, 0.29) is 25.4 Å². The molecule has 0 saturated heterocycles. The Hall–Kier alpha value is -3.24. The summed E-state index contributed by atoms with van der Waals surface area (Å²) in [4.78, 5) is 15.1. The summed E-state index contributed by atoms with van der Waals surface area (Å²) >= 11 is 0. The number of rotatable bonds is 6. The highest BCUT2D eigenvalue weighted by Crippen LogP contribution is 2.44. The second-order valence-corrected chi connectivity index (χ2v) is 8.62. The van der Waals surface area contributed by atoms with Crippen LogP contribution in [0.15, 0.2) is 42.5 Å². The average Bonchev–Trinajstić information content (AvgIpc) is 2.79. The van der Waals surface area contributed by atoms with E-state index in [4.69, 9.17) is 18.9 Å². The Kier molecular flexibility index (Phi) is 6.95. The first-order valence-corrected chi connectivity index (χ1v) is 11.0. The van der Waals surface area contributed by atoms with E-state index in [1.165, 1.54) is 26.4 Å². The van der Waals surface area contributed by atoms with Gasteiger partial charge in [0.15, 0.2) is 11.4 Å². The quantitative estimate of drug-likeness (QED) is 0.604. The van der Waals surface area contributed by atoms with Gasteiger partial charge in [-0.05, 0) is 29.8 Å². The molecule has 0 aliphatic carbocycles. The van der Waals surface area contributed by atoms with Crippen LogP contribution < -0.4 is 19.7 Å². The molecular weight excluding hydrogens is 465 g/mol. The second-order valence-electron chi connectivity index (χ2n) is 8.62. The first kappa shape index (κ1) is 24.9. The van der Waals surface area contributed by atoms with Gasteiger partial charge in [-0.25, -0.2) is 0 Å². The maximum Gasteiger partial charge on any atom is 0.416 e. The lowest BCUT2D eigenvalue weighted by Gasteiger charge is -2.39. The lowest BCUT2D eigenvalue weighted by molar-refractivity contribution is -0.138. The van der Waals surface area contributed by atoms with Crippen molar-refractivity contribution in [1.29, 1.82) is 0 Å². The molecule has 2 aromatic rings. The van der Waals surface area contributed by atoms with Crippen LogP contribution in [-0.4, -0.2) is 59.1 Å². The number of nitrogens with zero attached hydrogens (tertiary/aromatic N) is 1. The van der Waals surface area contributed by atoms with Gasteiger partial charge in [0.05, 0.1) is 36.7 Å². The predicted molar refractivity (Wildman–Crippen MR) is 125 cm³/mol. The Bertz CT molecular complexity index is 1130. The molecule has 0 radical (unpaired) electrons. The van der Waals surface area contributed by atoms with Gasteiger partial charge in [-0.15, -0.1) is 0 Å². The van der Waals surface area contributed by atoms with Crippen LogP contribution in [0.25, 0.3) is 5.57 Å². The minimum atomic E-state index is -4.54. The summed E-state index contributed by atoms with van der Waals surface area (Å²) in [5.74, 6) is 0.145. The number of hydrogen-bond acceptors (Lipinski definition) is 6. The van der Waals surface area contributed by atoms with E-state index in [2.05, 4.69) is 5.32 Å². The highest BCUT2D eigenvalue weighted by molar-refractivity contribution is 6.05. The fraction of sp³-hybridized carbons (Fsp3) is 0.400. The first-order valence-electron chi connectivity index (χ1n) is 11.0. The molecule has 1 amide bonds.